The first-order chi connectivity index (χ1) is 19.2. The van der Waals surface area contributed by atoms with E-state index in [0.29, 0.717) is 45.5 Å². The van der Waals surface area contributed by atoms with E-state index in [1.54, 1.807) is 29.7 Å². The minimum Gasteiger partial charge on any atom is -0.483 e. The van der Waals surface area contributed by atoms with E-state index in [0.717, 1.165) is 25.9 Å². The van der Waals surface area contributed by atoms with E-state index in [-0.39, 0.29) is 29.8 Å². The lowest BCUT2D eigenvalue weighted by Gasteiger charge is -2.30. The van der Waals surface area contributed by atoms with E-state index in [1.807, 2.05) is 42.2 Å². The van der Waals surface area contributed by atoms with Crippen LogP contribution in [0.5, 0.6) is 5.75 Å². The summed E-state index contributed by atoms with van der Waals surface area (Å²) in [7, 11) is 0. The predicted octanol–water partition coefficient (Wildman–Crippen LogP) is 3.46. The summed E-state index contributed by atoms with van der Waals surface area (Å²) < 4.78 is 7.51. The molecule has 4 aromatic rings. The Kier molecular flexibility index (Phi) is 7.54. The van der Waals surface area contributed by atoms with Crippen LogP contribution in [-0.4, -0.2) is 50.0 Å². The molecule has 0 unspecified atom stereocenters. The number of nitrogens with two attached hydrogens (primary N) is 2. The molecule has 11 heteroatoms. The third-order valence-electron chi connectivity index (χ3n) is 7.33. The lowest BCUT2D eigenvalue weighted by molar-refractivity contribution is -0.134. The monoisotopic (exact) mass is 542 g/mol. The number of likely N-dealkylation sites (tertiary alicyclic amines) is 1. The highest BCUT2D eigenvalue weighted by Crippen LogP contribution is 2.28. The number of nitrogens with one attached hydrogen (secondary N) is 1. The number of ether oxygens (including phenoxy) is 1. The molecule has 1 amide bonds. The Labute approximate surface area is 232 Å². The van der Waals surface area contributed by atoms with Crippen molar-refractivity contribution < 1.29 is 9.53 Å². The smallest absolute Gasteiger partial charge is 0.269 e. The fourth-order valence-electron chi connectivity index (χ4n) is 4.91. The summed E-state index contributed by atoms with van der Waals surface area (Å²) in [6.45, 7) is 7.16. The molecule has 40 heavy (non-hydrogen) atoms. The fourth-order valence-corrected chi connectivity index (χ4v) is 4.91. The minimum atomic E-state index is -0.475. The van der Waals surface area contributed by atoms with Crippen molar-refractivity contribution in [1.82, 2.24) is 24.4 Å². The maximum absolute atomic E-state index is 14.1. The van der Waals surface area contributed by atoms with Gasteiger partial charge in [0.25, 0.3) is 11.5 Å². The Morgan fingerprint density at radius 1 is 1.07 bits per heavy atom. The molecule has 0 aliphatic carbocycles. The molecule has 2 aromatic carbocycles. The summed E-state index contributed by atoms with van der Waals surface area (Å²) in [5, 5.41) is 3.59. The second-order valence-corrected chi connectivity index (χ2v) is 10.3. The molecule has 1 atom stereocenters. The number of carbonyl (C=O) groups is 1. The standard InChI is InChI=1S/C29H34N8O3/c1-17-12-14-36(15-13-17)23(38)16-40-22-11-7-10-21-24(22)28(39)37(20-8-5-4-6-9-20)27(33-21)19(3)32-26-18(2)25(30)34-29(31)35-26/h4-11,17,19H,12-16H2,1-3H3,(H5,30,31,32,34,35)/t19-/m0/s1. The van der Waals surface area contributed by atoms with Crippen LogP contribution in [0.3, 0.4) is 0 Å². The molecule has 5 rings (SSSR count). The van der Waals surface area contributed by atoms with Gasteiger partial charge >= 0.3 is 0 Å². The summed E-state index contributed by atoms with van der Waals surface area (Å²) in [4.78, 5) is 42.0. The van der Waals surface area contributed by atoms with Gasteiger partial charge < -0.3 is 26.4 Å². The summed E-state index contributed by atoms with van der Waals surface area (Å²) in [6.07, 6.45) is 1.96. The molecule has 0 bridgehead atoms. The lowest BCUT2D eigenvalue weighted by Crippen LogP contribution is -2.40. The molecule has 0 saturated carbocycles. The minimum absolute atomic E-state index is 0.0418. The molecule has 1 fully saturated rings. The van der Waals surface area contributed by atoms with E-state index < -0.39 is 6.04 Å². The quantitative estimate of drug-likeness (QED) is 0.318. The van der Waals surface area contributed by atoms with Crippen LogP contribution in [0.1, 0.15) is 44.1 Å². The van der Waals surface area contributed by atoms with E-state index in [9.17, 15) is 9.59 Å². The number of aromatic nitrogens is 4. The molecule has 0 spiro atoms. The molecule has 11 nitrogen and oxygen atoms in total. The van der Waals surface area contributed by atoms with Crippen molar-refractivity contribution >= 4 is 34.4 Å². The maximum atomic E-state index is 14.1. The normalized spacial score (nSPS) is 14.7. The Hall–Kier alpha value is -4.67. The number of nitrogen functional groups attached to an aromatic ring is 2. The second-order valence-electron chi connectivity index (χ2n) is 10.3. The molecule has 208 valence electrons. The first-order valence-electron chi connectivity index (χ1n) is 13.4. The zero-order valence-electron chi connectivity index (χ0n) is 22.9. The lowest BCUT2D eigenvalue weighted by atomic mass is 9.99. The highest BCUT2D eigenvalue weighted by atomic mass is 16.5. The number of fused-ring (bicyclic) bond motifs is 1. The number of amides is 1. The molecule has 2 aromatic heterocycles. The van der Waals surface area contributed by atoms with Crippen LogP contribution in [-0.2, 0) is 4.79 Å². The topological polar surface area (TPSA) is 154 Å². The van der Waals surface area contributed by atoms with Crippen LogP contribution in [0.25, 0.3) is 16.6 Å². The number of rotatable bonds is 7. The Balaban J connectivity index is 1.54. The summed E-state index contributed by atoms with van der Waals surface area (Å²) in [6, 6.07) is 14.0. The number of hydrogen-bond donors (Lipinski definition) is 3. The molecular formula is C29H34N8O3. The molecule has 0 radical (unpaired) electrons. The zero-order valence-corrected chi connectivity index (χ0v) is 22.9. The highest BCUT2D eigenvalue weighted by molar-refractivity contribution is 5.85. The van der Waals surface area contributed by atoms with Crippen molar-refractivity contribution in [2.75, 3.05) is 36.5 Å². The van der Waals surface area contributed by atoms with Gasteiger partial charge in [-0.05, 0) is 56.9 Å². The van der Waals surface area contributed by atoms with Gasteiger partial charge in [-0.25, -0.2) is 4.98 Å². The Morgan fingerprint density at radius 3 is 2.52 bits per heavy atom. The largest absolute Gasteiger partial charge is 0.483 e. The number of nitrogens with zero attached hydrogens (tertiary/aromatic N) is 5. The second kappa shape index (κ2) is 11.2. The Morgan fingerprint density at radius 2 is 1.80 bits per heavy atom. The number of para-hydroxylation sites is 1. The van der Waals surface area contributed by atoms with E-state index >= 15 is 0 Å². The van der Waals surface area contributed by atoms with Crippen LogP contribution in [0.4, 0.5) is 17.6 Å². The fraction of sp³-hybridized carbons (Fsp3) is 0.345. The summed E-state index contributed by atoms with van der Waals surface area (Å²) in [5.41, 5.74) is 13.2. The average molecular weight is 543 g/mol. The van der Waals surface area contributed by atoms with Gasteiger partial charge in [-0.1, -0.05) is 31.2 Å². The highest BCUT2D eigenvalue weighted by Gasteiger charge is 2.24. The number of carbonyl (C=O) groups excluding carboxylic acids is 1. The zero-order chi connectivity index (χ0) is 28.4. The number of benzene rings is 2. The van der Waals surface area contributed by atoms with E-state index in [2.05, 4.69) is 22.2 Å². The SMILES string of the molecule is Cc1c(N)nc(N)nc1N[C@@H](C)c1nc2cccc(OCC(=O)N3CCC(C)CC3)c2c(=O)n1-c1ccccc1. The van der Waals surface area contributed by atoms with Crippen molar-refractivity contribution in [2.24, 2.45) is 5.92 Å². The Bertz CT molecular complexity index is 1600. The summed E-state index contributed by atoms with van der Waals surface area (Å²) in [5.74, 6) is 2.06. The average Bonchev–Trinajstić information content (AvgIpc) is 2.95. The molecule has 5 N–H and O–H groups in total. The third kappa shape index (κ3) is 5.40. The maximum Gasteiger partial charge on any atom is 0.269 e. The van der Waals surface area contributed by atoms with Gasteiger partial charge in [0, 0.05) is 18.7 Å². The van der Waals surface area contributed by atoms with Crippen molar-refractivity contribution in [3.05, 3.63) is 70.3 Å². The van der Waals surface area contributed by atoms with Crippen molar-refractivity contribution in [1.29, 1.82) is 0 Å². The predicted molar refractivity (Wildman–Crippen MR) is 155 cm³/mol. The molecule has 1 saturated heterocycles. The molecule has 1 aliphatic heterocycles. The molecule has 3 heterocycles. The van der Waals surface area contributed by atoms with Crippen LogP contribution >= 0.6 is 0 Å². The van der Waals surface area contributed by atoms with Gasteiger partial charge in [-0.2, -0.15) is 9.97 Å². The van der Waals surface area contributed by atoms with Crippen LogP contribution in [0.15, 0.2) is 53.3 Å². The van der Waals surface area contributed by atoms with Crippen LogP contribution < -0.4 is 27.1 Å². The van der Waals surface area contributed by atoms with E-state index in [4.69, 9.17) is 21.2 Å². The third-order valence-corrected chi connectivity index (χ3v) is 7.33. The van der Waals surface area contributed by atoms with Gasteiger partial charge in [0.2, 0.25) is 5.95 Å². The van der Waals surface area contributed by atoms with Crippen molar-refractivity contribution in [3.63, 3.8) is 0 Å². The number of anilines is 3. The van der Waals surface area contributed by atoms with Gasteiger partial charge in [0.15, 0.2) is 6.61 Å². The van der Waals surface area contributed by atoms with E-state index in [1.165, 1.54) is 0 Å². The first kappa shape index (κ1) is 26.9. The molecular weight excluding hydrogens is 508 g/mol. The summed E-state index contributed by atoms with van der Waals surface area (Å²) >= 11 is 0. The van der Waals surface area contributed by atoms with Crippen LogP contribution in [0.2, 0.25) is 0 Å². The number of hydrogen-bond acceptors (Lipinski definition) is 9. The van der Waals surface area contributed by atoms with Crippen molar-refractivity contribution in [2.45, 2.75) is 39.7 Å². The first-order valence-corrected chi connectivity index (χ1v) is 13.4. The van der Waals surface area contributed by atoms with Gasteiger partial charge in [-0.15, -0.1) is 0 Å². The van der Waals surface area contributed by atoms with Gasteiger partial charge in [0.05, 0.1) is 17.2 Å². The van der Waals surface area contributed by atoms with Crippen LogP contribution in [0, 0.1) is 12.8 Å². The van der Waals surface area contributed by atoms with Gasteiger partial charge in [-0.3, -0.25) is 14.2 Å². The van der Waals surface area contributed by atoms with Gasteiger partial charge in [0.1, 0.15) is 28.6 Å². The molecule has 1 aliphatic rings. The van der Waals surface area contributed by atoms with Crippen molar-refractivity contribution in [3.8, 4) is 11.4 Å². The number of piperidine rings is 1.